The molecule has 0 spiro atoms. The van der Waals surface area contributed by atoms with Crippen LogP contribution < -0.4 is 10.1 Å². The zero-order chi connectivity index (χ0) is 24.6. The number of carbonyl (C=O) groups is 1. The molecule has 1 saturated heterocycles. The van der Waals surface area contributed by atoms with Crippen LogP contribution in [0.5, 0.6) is 5.75 Å². The molecule has 2 aromatic heterocycles. The molecular weight excluding hydrogens is 459 g/mol. The minimum atomic E-state index is -0.383. The van der Waals surface area contributed by atoms with Gasteiger partial charge in [0, 0.05) is 54.0 Å². The lowest BCUT2D eigenvalue weighted by molar-refractivity contribution is 0.0523. The van der Waals surface area contributed by atoms with Crippen LogP contribution >= 0.6 is 0 Å². The van der Waals surface area contributed by atoms with Crippen molar-refractivity contribution >= 4 is 27.8 Å². The number of ether oxygens (including phenoxy) is 2. The van der Waals surface area contributed by atoms with Gasteiger partial charge in [0.15, 0.2) is 11.6 Å². The highest BCUT2D eigenvalue weighted by Gasteiger charge is 2.28. The number of nitrogens with zero attached hydrogens (tertiary/aromatic N) is 2. The second-order valence-electron chi connectivity index (χ2n) is 9.54. The lowest BCUT2D eigenvalue weighted by atomic mass is 9.88. The Kier molecular flexibility index (Phi) is 5.97. The first-order valence-corrected chi connectivity index (χ1v) is 12.5. The van der Waals surface area contributed by atoms with Crippen molar-refractivity contribution in [3.63, 3.8) is 0 Å². The van der Waals surface area contributed by atoms with E-state index in [0.29, 0.717) is 39.1 Å². The van der Waals surface area contributed by atoms with E-state index in [1.165, 1.54) is 29.5 Å². The van der Waals surface area contributed by atoms with Crippen LogP contribution in [-0.4, -0.2) is 60.4 Å². The Morgan fingerprint density at radius 2 is 2.08 bits per heavy atom. The summed E-state index contributed by atoms with van der Waals surface area (Å²) in [6.45, 7) is 2.39. The molecule has 0 bridgehead atoms. The fourth-order valence-corrected chi connectivity index (χ4v) is 5.49. The number of rotatable bonds is 4. The predicted octanol–water partition coefficient (Wildman–Crippen LogP) is 4.35. The van der Waals surface area contributed by atoms with Gasteiger partial charge < -0.3 is 24.7 Å². The summed E-state index contributed by atoms with van der Waals surface area (Å²) in [5.41, 5.74) is 6.02. The zero-order valence-corrected chi connectivity index (χ0v) is 20.3. The van der Waals surface area contributed by atoms with E-state index in [9.17, 15) is 9.18 Å². The molecule has 1 unspecified atom stereocenters. The van der Waals surface area contributed by atoms with E-state index < -0.39 is 0 Å². The van der Waals surface area contributed by atoms with Crippen LogP contribution in [0.3, 0.4) is 0 Å². The number of halogens is 1. The van der Waals surface area contributed by atoms with Gasteiger partial charge in [-0.1, -0.05) is 24.3 Å². The molecule has 2 amide bonds. The first-order chi connectivity index (χ1) is 17.6. The molecule has 1 aliphatic carbocycles. The number of aromatic amines is 1. The molecule has 7 nitrogen and oxygen atoms in total. The van der Waals surface area contributed by atoms with E-state index in [-0.39, 0.29) is 23.6 Å². The van der Waals surface area contributed by atoms with Gasteiger partial charge in [0.2, 0.25) is 0 Å². The lowest BCUT2D eigenvalue weighted by Gasteiger charge is -2.31. The first-order valence-electron chi connectivity index (χ1n) is 12.5. The number of urea groups is 1. The van der Waals surface area contributed by atoms with E-state index >= 15 is 0 Å². The Hall–Kier alpha value is -3.65. The summed E-state index contributed by atoms with van der Waals surface area (Å²) >= 11 is 0. The Balaban J connectivity index is 1.36. The number of hydrogen-bond donors (Lipinski definition) is 2. The minimum Gasteiger partial charge on any atom is -0.494 e. The Labute approximate surface area is 208 Å². The van der Waals surface area contributed by atoms with Crippen molar-refractivity contribution in [3.8, 4) is 5.75 Å². The van der Waals surface area contributed by atoms with E-state index in [1.807, 2.05) is 17.0 Å². The van der Waals surface area contributed by atoms with Crippen molar-refractivity contribution < 1.29 is 18.7 Å². The average Bonchev–Trinajstić information content (AvgIpc) is 3.29. The molecule has 1 fully saturated rings. The number of hydrogen-bond acceptors (Lipinski definition) is 4. The number of amides is 2. The van der Waals surface area contributed by atoms with Gasteiger partial charge in [-0.3, -0.25) is 4.98 Å². The van der Waals surface area contributed by atoms with Gasteiger partial charge in [0.05, 0.1) is 31.5 Å². The topological polar surface area (TPSA) is 79.5 Å². The SMILES string of the molecule is COc1ccc(Cc2nc3c(c4c2[nH]c2ccccc24)CCC(NC(=O)N2CCOCC2)C3)cc1F. The largest absolute Gasteiger partial charge is 0.494 e. The predicted molar refractivity (Wildman–Crippen MR) is 136 cm³/mol. The van der Waals surface area contributed by atoms with Gasteiger partial charge in [0.25, 0.3) is 0 Å². The number of nitrogens with one attached hydrogen (secondary N) is 2. The summed E-state index contributed by atoms with van der Waals surface area (Å²) in [7, 11) is 1.46. The van der Waals surface area contributed by atoms with E-state index in [0.717, 1.165) is 40.8 Å². The van der Waals surface area contributed by atoms with Crippen LogP contribution in [0.1, 0.15) is 28.9 Å². The molecule has 4 aromatic rings. The summed E-state index contributed by atoms with van der Waals surface area (Å²) in [6.07, 6.45) is 2.86. The van der Waals surface area contributed by atoms with Crippen molar-refractivity contribution in [2.24, 2.45) is 0 Å². The summed E-state index contributed by atoms with van der Waals surface area (Å²) < 4.78 is 24.9. The van der Waals surface area contributed by atoms with Crippen molar-refractivity contribution in [2.75, 3.05) is 33.4 Å². The summed E-state index contributed by atoms with van der Waals surface area (Å²) in [5, 5.41) is 5.58. The molecule has 0 radical (unpaired) electrons. The van der Waals surface area contributed by atoms with Gasteiger partial charge in [-0.05, 0) is 42.2 Å². The molecule has 8 heteroatoms. The number of fused-ring (bicyclic) bond motifs is 5. The standard InChI is InChI=1S/C28H29FN4O3/c1-35-25-9-6-17(14-21(25)29)15-24-27-26(19-4-2-3-5-22(19)32-27)20-8-7-18(16-23(20)31-24)30-28(34)33-10-12-36-13-11-33/h2-6,9,14,18,32H,7-8,10-13,15-16H2,1H3,(H,30,34). The second-order valence-corrected chi connectivity index (χ2v) is 9.54. The third kappa shape index (κ3) is 4.15. The minimum absolute atomic E-state index is 0.0225. The molecule has 1 aliphatic heterocycles. The third-order valence-corrected chi connectivity index (χ3v) is 7.31. The maximum absolute atomic E-state index is 14.4. The second kappa shape index (κ2) is 9.43. The molecule has 36 heavy (non-hydrogen) atoms. The highest BCUT2D eigenvalue weighted by molar-refractivity contribution is 6.10. The number of pyridine rings is 1. The normalized spacial score (nSPS) is 17.8. The first kappa shape index (κ1) is 22.8. The van der Waals surface area contributed by atoms with Gasteiger partial charge in [-0.15, -0.1) is 0 Å². The van der Waals surface area contributed by atoms with Crippen molar-refractivity contribution in [1.29, 1.82) is 0 Å². The fourth-order valence-electron chi connectivity index (χ4n) is 5.49. The number of aromatic nitrogens is 2. The quantitative estimate of drug-likeness (QED) is 0.448. The molecule has 2 aromatic carbocycles. The smallest absolute Gasteiger partial charge is 0.317 e. The Morgan fingerprint density at radius 3 is 2.89 bits per heavy atom. The maximum Gasteiger partial charge on any atom is 0.317 e. The molecule has 3 heterocycles. The number of H-pyrrole nitrogens is 1. The highest BCUT2D eigenvalue weighted by atomic mass is 19.1. The van der Waals surface area contributed by atoms with Gasteiger partial charge in [-0.2, -0.15) is 0 Å². The number of methoxy groups -OCH3 is 1. The van der Waals surface area contributed by atoms with E-state index in [4.69, 9.17) is 14.5 Å². The van der Waals surface area contributed by atoms with Gasteiger partial charge in [0.1, 0.15) is 0 Å². The number of morpholine rings is 1. The highest BCUT2D eigenvalue weighted by Crippen LogP contribution is 2.36. The molecule has 2 N–H and O–H groups in total. The lowest BCUT2D eigenvalue weighted by Crippen LogP contribution is -2.50. The summed E-state index contributed by atoms with van der Waals surface area (Å²) in [4.78, 5) is 23.3. The number of para-hydroxylation sites is 1. The Morgan fingerprint density at radius 1 is 1.25 bits per heavy atom. The van der Waals surface area contributed by atoms with Gasteiger partial charge >= 0.3 is 6.03 Å². The molecule has 1 atom stereocenters. The number of carbonyl (C=O) groups excluding carboxylic acids is 1. The van der Waals surface area contributed by atoms with E-state index in [2.05, 4.69) is 28.5 Å². The summed E-state index contributed by atoms with van der Waals surface area (Å²) in [6, 6.07) is 13.3. The third-order valence-electron chi connectivity index (χ3n) is 7.31. The van der Waals surface area contributed by atoms with Crippen LogP contribution in [0.2, 0.25) is 0 Å². The zero-order valence-electron chi connectivity index (χ0n) is 20.3. The van der Waals surface area contributed by atoms with Crippen LogP contribution in [0.25, 0.3) is 21.8 Å². The maximum atomic E-state index is 14.4. The average molecular weight is 489 g/mol. The monoisotopic (exact) mass is 488 g/mol. The molecule has 2 aliphatic rings. The Bertz CT molecular complexity index is 1440. The van der Waals surface area contributed by atoms with Crippen molar-refractivity contribution in [1.82, 2.24) is 20.2 Å². The van der Waals surface area contributed by atoms with Crippen molar-refractivity contribution in [3.05, 3.63) is 70.8 Å². The van der Waals surface area contributed by atoms with Crippen LogP contribution in [0, 0.1) is 5.82 Å². The number of benzene rings is 2. The molecule has 0 saturated carbocycles. The number of aryl methyl sites for hydroxylation is 1. The van der Waals surface area contributed by atoms with Crippen LogP contribution in [0.15, 0.2) is 42.5 Å². The van der Waals surface area contributed by atoms with Gasteiger partial charge in [-0.25, -0.2) is 9.18 Å². The fraction of sp³-hybridized carbons (Fsp3) is 0.357. The summed E-state index contributed by atoms with van der Waals surface area (Å²) in [5.74, 6) is -0.154. The molecular formula is C28H29FN4O3. The van der Waals surface area contributed by atoms with Crippen molar-refractivity contribution in [2.45, 2.75) is 31.7 Å². The van der Waals surface area contributed by atoms with Crippen LogP contribution in [0.4, 0.5) is 9.18 Å². The van der Waals surface area contributed by atoms with Crippen LogP contribution in [-0.2, 0) is 24.0 Å². The molecule has 186 valence electrons. The van der Waals surface area contributed by atoms with E-state index in [1.54, 1.807) is 6.07 Å². The molecule has 6 rings (SSSR count).